The van der Waals surface area contributed by atoms with E-state index in [-0.39, 0.29) is 0 Å². The van der Waals surface area contributed by atoms with Crippen LogP contribution in [0.3, 0.4) is 0 Å². The molecule has 0 bridgehead atoms. The molecule has 2 aromatic heterocycles. The highest BCUT2D eigenvalue weighted by atomic mass is 16.3. The fraction of sp³-hybridized carbons (Fsp3) is 0. The summed E-state index contributed by atoms with van der Waals surface area (Å²) in [6, 6.07) is 70.8. The quantitative estimate of drug-likeness (QED) is 0.173. The van der Waals surface area contributed by atoms with Crippen molar-refractivity contribution in [3.63, 3.8) is 0 Å². The van der Waals surface area contributed by atoms with Gasteiger partial charge >= 0.3 is 0 Å². The normalized spacial score (nSPS) is 11.6. The fourth-order valence-electron chi connectivity index (χ4n) is 8.20. The third kappa shape index (κ3) is 5.20. The standard InChI is InChI=1S/C52H33NO2/c1-3-12-34(13-4-1)37-24-25-39-33-41(31-28-38(39)32-37)53(40-29-26-36(27-30-40)43-18-9-19-45-44-16-7-8-23-49(44)54-50(43)45)48-22-11-21-47-46-20-10-17-42(51(46)55-52(47)48)35-14-5-2-6-15-35/h1-33H. The maximum Gasteiger partial charge on any atom is 0.159 e. The molecule has 258 valence electrons. The Balaban J connectivity index is 1.09. The van der Waals surface area contributed by atoms with Crippen LogP contribution < -0.4 is 4.90 Å². The number of furan rings is 2. The van der Waals surface area contributed by atoms with Crippen LogP contribution in [0.5, 0.6) is 0 Å². The third-order valence-corrected chi connectivity index (χ3v) is 10.9. The third-order valence-electron chi connectivity index (χ3n) is 10.9. The molecular weight excluding hydrogens is 671 g/mol. The molecule has 3 heteroatoms. The van der Waals surface area contributed by atoms with Crippen LogP contribution in [0.1, 0.15) is 0 Å². The van der Waals surface area contributed by atoms with E-state index in [0.717, 1.165) is 83.2 Å². The van der Waals surface area contributed by atoms with Gasteiger partial charge in [0.05, 0.1) is 5.69 Å². The Kier molecular flexibility index (Phi) is 7.17. The summed E-state index contributed by atoms with van der Waals surface area (Å²) >= 11 is 0. The van der Waals surface area contributed by atoms with E-state index in [0.29, 0.717) is 0 Å². The molecule has 0 atom stereocenters. The molecule has 0 radical (unpaired) electrons. The molecule has 0 N–H and O–H groups in total. The highest BCUT2D eigenvalue weighted by Gasteiger charge is 2.21. The first-order valence-corrected chi connectivity index (χ1v) is 18.7. The maximum absolute atomic E-state index is 6.96. The lowest BCUT2D eigenvalue weighted by molar-refractivity contribution is 0.670. The molecule has 11 rings (SSSR count). The smallest absolute Gasteiger partial charge is 0.159 e. The van der Waals surface area contributed by atoms with E-state index in [1.54, 1.807) is 0 Å². The fourth-order valence-corrected chi connectivity index (χ4v) is 8.20. The zero-order valence-corrected chi connectivity index (χ0v) is 29.8. The number of hydrogen-bond acceptors (Lipinski definition) is 3. The molecule has 0 unspecified atom stereocenters. The van der Waals surface area contributed by atoms with Crippen molar-refractivity contribution < 1.29 is 8.83 Å². The van der Waals surface area contributed by atoms with Gasteiger partial charge in [0, 0.05) is 44.0 Å². The Morgan fingerprint density at radius 3 is 1.60 bits per heavy atom. The molecule has 3 nitrogen and oxygen atoms in total. The van der Waals surface area contributed by atoms with Gasteiger partial charge in [-0.05, 0) is 75.5 Å². The van der Waals surface area contributed by atoms with Crippen LogP contribution in [0.25, 0.3) is 88.0 Å². The second-order valence-electron chi connectivity index (χ2n) is 14.1. The number of nitrogens with zero attached hydrogens (tertiary/aromatic N) is 1. The van der Waals surface area contributed by atoms with Gasteiger partial charge < -0.3 is 13.7 Å². The van der Waals surface area contributed by atoms with Gasteiger partial charge in [-0.1, -0.05) is 158 Å². The highest BCUT2D eigenvalue weighted by Crippen LogP contribution is 2.45. The van der Waals surface area contributed by atoms with Crippen molar-refractivity contribution in [2.75, 3.05) is 4.90 Å². The SMILES string of the molecule is c1ccc(-c2ccc3cc(N(c4ccc(-c5cccc6c5oc5ccccc56)cc4)c4cccc5c4oc4c(-c6ccccc6)cccc45)ccc3c2)cc1. The minimum atomic E-state index is 0.844. The number of para-hydroxylation sites is 4. The van der Waals surface area contributed by atoms with Crippen molar-refractivity contribution in [1.29, 1.82) is 0 Å². The molecule has 0 saturated carbocycles. The van der Waals surface area contributed by atoms with Crippen LogP contribution in [-0.2, 0) is 0 Å². The molecule has 9 aromatic carbocycles. The summed E-state index contributed by atoms with van der Waals surface area (Å²) in [6.07, 6.45) is 0. The summed E-state index contributed by atoms with van der Waals surface area (Å²) in [4.78, 5) is 2.32. The molecule has 0 amide bonds. The molecule has 0 aliphatic carbocycles. The summed E-state index contributed by atoms with van der Waals surface area (Å²) in [5.41, 5.74) is 13.4. The van der Waals surface area contributed by atoms with Crippen LogP contribution in [-0.4, -0.2) is 0 Å². The minimum Gasteiger partial charge on any atom is -0.455 e. The van der Waals surface area contributed by atoms with Crippen LogP contribution in [0.4, 0.5) is 17.1 Å². The average Bonchev–Trinajstić information content (AvgIpc) is 3.84. The Morgan fingerprint density at radius 1 is 0.309 bits per heavy atom. The number of rotatable bonds is 6. The molecule has 2 heterocycles. The van der Waals surface area contributed by atoms with Gasteiger partial charge in [0.15, 0.2) is 5.58 Å². The lowest BCUT2D eigenvalue weighted by atomic mass is 10.00. The van der Waals surface area contributed by atoms with Gasteiger partial charge in [0.25, 0.3) is 0 Å². The number of anilines is 3. The van der Waals surface area contributed by atoms with Crippen molar-refractivity contribution in [2.24, 2.45) is 0 Å². The molecule has 0 fully saturated rings. The monoisotopic (exact) mass is 703 g/mol. The summed E-state index contributed by atoms with van der Waals surface area (Å²) in [7, 11) is 0. The van der Waals surface area contributed by atoms with Crippen molar-refractivity contribution in [1.82, 2.24) is 0 Å². The van der Waals surface area contributed by atoms with Gasteiger partial charge in [0.2, 0.25) is 0 Å². The van der Waals surface area contributed by atoms with E-state index in [9.17, 15) is 0 Å². The molecule has 0 aliphatic heterocycles. The Morgan fingerprint density at radius 2 is 0.836 bits per heavy atom. The average molecular weight is 704 g/mol. The first kappa shape index (κ1) is 31.2. The lowest BCUT2D eigenvalue weighted by Crippen LogP contribution is -2.10. The van der Waals surface area contributed by atoms with Crippen LogP contribution >= 0.6 is 0 Å². The predicted octanol–water partition coefficient (Wildman–Crippen LogP) is 15.1. The van der Waals surface area contributed by atoms with Gasteiger partial charge in [0.1, 0.15) is 16.7 Å². The summed E-state index contributed by atoms with van der Waals surface area (Å²) in [5.74, 6) is 0. The van der Waals surface area contributed by atoms with Crippen LogP contribution in [0.15, 0.2) is 209 Å². The summed E-state index contributed by atoms with van der Waals surface area (Å²) in [5, 5.41) is 6.78. The van der Waals surface area contributed by atoms with E-state index in [2.05, 4.69) is 187 Å². The first-order valence-electron chi connectivity index (χ1n) is 18.7. The Bertz CT molecular complexity index is 3190. The van der Waals surface area contributed by atoms with Crippen molar-refractivity contribution >= 4 is 71.7 Å². The molecule has 0 aliphatic rings. The number of hydrogen-bond donors (Lipinski definition) is 0. The topological polar surface area (TPSA) is 29.5 Å². The van der Waals surface area contributed by atoms with Crippen molar-refractivity contribution in [3.8, 4) is 33.4 Å². The molecule has 0 saturated heterocycles. The minimum absolute atomic E-state index is 0.844. The van der Waals surface area contributed by atoms with E-state index >= 15 is 0 Å². The van der Waals surface area contributed by atoms with Gasteiger partial charge in [-0.3, -0.25) is 0 Å². The largest absolute Gasteiger partial charge is 0.455 e. The van der Waals surface area contributed by atoms with Crippen LogP contribution in [0, 0.1) is 0 Å². The van der Waals surface area contributed by atoms with Crippen molar-refractivity contribution in [3.05, 3.63) is 200 Å². The molecule has 11 aromatic rings. The highest BCUT2D eigenvalue weighted by molar-refractivity contribution is 6.14. The molecule has 55 heavy (non-hydrogen) atoms. The summed E-state index contributed by atoms with van der Waals surface area (Å²) < 4.78 is 13.4. The Labute approximate surface area is 317 Å². The molecular formula is C52H33NO2. The number of benzene rings is 9. The zero-order chi connectivity index (χ0) is 36.3. The number of fused-ring (bicyclic) bond motifs is 7. The summed E-state index contributed by atoms with van der Waals surface area (Å²) in [6.45, 7) is 0. The van der Waals surface area contributed by atoms with Gasteiger partial charge in [-0.25, -0.2) is 0 Å². The second kappa shape index (κ2) is 12.6. The van der Waals surface area contributed by atoms with E-state index in [1.165, 1.54) is 21.9 Å². The predicted molar refractivity (Wildman–Crippen MR) is 229 cm³/mol. The Hall–Kier alpha value is -7.36. The zero-order valence-electron chi connectivity index (χ0n) is 29.8. The van der Waals surface area contributed by atoms with E-state index < -0.39 is 0 Å². The second-order valence-corrected chi connectivity index (χ2v) is 14.1. The van der Waals surface area contributed by atoms with Crippen molar-refractivity contribution in [2.45, 2.75) is 0 Å². The van der Waals surface area contributed by atoms with Gasteiger partial charge in [-0.15, -0.1) is 0 Å². The lowest BCUT2D eigenvalue weighted by Gasteiger charge is -2.26. The first-order chi connectivity index (χ1) is 27.3. The van der Waals surface area contributed by atoms with E-state index in [1.807, 2.05) is 18.2 Å². The maximum atomic E-state index is 6.96. The van der Waals surface area contributed by atoms with Gasteiger partial charge in [-0.2, -0.15) is 0 Å². The van der Waals surface area contributed by atoms with Crippen LogP contribution in [0.2, 0.25) is 0 Å². The molecule has 0 spiro atoms. The van der Waals surface area contributed by atoms with E-state index in [4.69, 9.17) is 8.83 Å².